The Morgan fingerprint density at radius 3 is 2.30 bits per heavy atom. The first-order chi connectivity index (χ1) is 15.8. The molecule has 8 nitrogen and oxygen atoms in total. The number of hydrogen-bond donors (Lipinski definition) is 0. The molecule has 0 saturated carbocycles. The summed E-state index contributed by atoms with van der Waals surface area (Å²) >= 11 is 0. The third-order valence-corrected chi connectivity index (χ3v) is 8.19. The summed E-state index contributed by atoms with van der Waals surface area (Å²) in [7, 11) is -0.852. The molecular weight excluding hydrogens is 449 g/mol. The van der Waals surface area contributed by atoms with Crippen molar-refractivity contribution >= 4 is 16.1 Å². The Bertz CT molecular complexity index is 1100. The third-order valence-electron chi connectivity index (χ3n) is 6.27. The number of carbonyl (C=O) groups excluding carboxylic acids is 1. The van der Waals surface area contributed by atoms with Crippen molar-refractivity contribution in [2.75, 3.05) is 40.4 Å². The van der Waals surface area contributed by atoms with Gasteiger partial charge >= 0.3 is 6.03 Å². The zero-order valence-electron chi connectivity index (χ0n) is 18.7. The van der Waals surface area contributed by atoms with E-state index >= 15 is 0 Å². The number of nitrogens with zero attached hydrogens (tertiary/aromatic N) is 3. The second-order valence-corrected chi connectivity index (χ2v) is 10.1. The van der Waals surface area contributed by atoms with Crippen LogP contribution in [0.3, 0.4) is 0 Å². The van der Waals surface area contributed by atoms with Crippen molar-refractivity contribution in [1.29, 1.82) is 0 Å². The zero-order chi connectivity index (χ0) is 23.6. The minimum atomic E-state index is -3.77. The summed E-state index contributed by atoms with van der Waals surface area (Å²) in [5.41, 5.74) is 0.875. The van der Waals surface area contributed by atoms with Crippen LogP contribution in [0.15, 0.2) is 47.4 Å². The van der Waals surface area contributed by atoms with Gasteiger partial charge in [-0.15, -0.1) is 0 Å². The molecule has 2 aromatic rings. The fourth-order valence-electron chi connectivity index (χ4n) is 4.42. The highest BCUT2D eigenvalue weighted by atomic mass is 32.2. The molecule has 2 aliphatic heterocycles. The predicted octanol–water partition coefficient (Wildman–Crippen LogP) is 2.93. The molecule has 10 heteroatoms. The monoisotopic (exact) mass is 477 g/mol. The molecule has 0 atom stereocenters. The lowest BCUT2D eigenvalue weighted by Crippen LogP contribution is -2.48. The van der Waals surface area contributed by atoms with E-state index in [4.69, 9.17) is 9.47 Å². The Kier molecular flexibility index (Phi) is 6.76. The van der Waals surface area contributed by atoms with Crippen LogP contribution in [0, 0.1) is 5.82 Å². The van der Waals surface area contributed by atoms with Gasteiger partial charge in [-0.3, -0.25) is 0 Å². The summed E-state index contributed by atoms with van der Waals surface area (Å²) in [5.74, 6) is 0.402. The number of methoxy groups -OCH3 is 2. The number of benzene rings is 2. The highest BCUT2D eigenvalue weighted by Crippen LogP contribution is 2.33. The molecule has 2 aliphatic rings. The quantitative estimate of drug-likeness (QED) is 0.613. The average molecular weight is 478 g/mol. The van der Waals surface area contributed by atoms with E-state index in [0.29, 0.717) is 51.3 Å². The van der Waals surface area contributed by atoms with Crippen LogP contribution in [-0.2, 0) is 16.6 Å². The van der Waals surface area contributed by atoms with Gasteiger partial charge in [0.05, 0.1) is 14.2 Å². The van der Waals surface area contributed by atoms with E-state index in [9.17, 15) is 17.6 Å². The Labute approximate surface area is 193 Å². The standard InChI is InChI=1S/C23H28FN3O5S/c1-31-20-7-8-21(32-2)22(15-20)33(29,30)26-11-9-19(10-12-26)27-14-13-25(23(27)28)16-17-3-5-18(24)6-4-17/h3-8,15,19H,9-14,16H2,1-2H3. The summed E-state index contributed by atoms with van der Waals surface area (Å²) in [5, 5.41) is 0. The molecular formula is C23H28FN3O5S. The first kappa shape index (κ1) is 23.3. The third kappa shape index (κ3) is 4.77. The van der Waals surface area contributed by atoms with Crippen LogP contribution in [0.2, 0.25) is 0 Å². The summed E-state index contributed by atoms with van der Waals surface area (Å²) in [6.07, 6.45) is 1.11. The van der Waals surface area contributed by atoms with Crippen LogP contribution in [0.1, 0.15) is 18.4 Å². The Morgan fingerprint density at radius 2 is 1.67 bits per heavy atom. The normalized spacial score (nSPS) is 18.1. The highest BCUT2D eigenvalue weighted by Gasteiger charge is 2.38. The number of amides is 2. The summed E-state index contributed by atoms with van der Waals surface area (Å²) in [6.45, 7) is 2.25. The number of halogens is 1. The van der Waals surface area contributed by atoms with E-state index < -0.39 is 10.0 Å². The van der Waals surface area contributed by atoms with E-state index in [0.717, 1.165) is 5.56 Å². The molecule has 2 amide bonds. The first-order valence-electron chi connectivity index (χ1n) is 10.9. The van der Waals surface area contributed by atoms with Crippen molar-refractivity contribution in [3.05, 3.63) is 53.8 Å². The maximum absolute atomic E-state index is 13.3. The molecule has 4 rings (SSSR count). The number of piperidine rings is 1. The summed E-state index contributed by atoms with van der Waals surface area (Å²) < 4.78 is 51.6. The number of rotatable bonds is 7. The van der Waals surface area contributed by atoms with E-state index in [2.05, 4.69) is 0 Å². The van der Waals surface area contributed by atoms with Crippen molar-refractivity contribution in [2.24, 2.45) is 0 Å². The molecule has 0 unspecified atom stereocenters. The van der Waals surface area contributed by atoms with Gasteiger partial charge in [0, 0.05) is 44.8 Å². The Balaban J connectivity index is 1.40. The highest BCUT2D eigenvalue weighted by molar-refractivity contribution is 7.89. The van der Waals surface area contributed by atoms with Gasteiger partial charge in [-0.05, 0) is 42.7 Å². The largest absolute Gasteiger partial charge is 0.497 e. The van der Waals surface area contributed by atoms with Gasteiger partial charge < -0.3 is 19.3 Å². The average Bonchev–Trinajstić information content (AvgIpc) is 3.20. The molecule has 0 spiro atoms. The maximum atomic E-state index is 13.3. The van der Waals surface area contributed by atoms with Crippen molar-refractivity contribution in [1.82, 2.24) is 14.1 Å². The number of sulfonamides is 1. The molecule has 0 radical (unpaired) electrons. The smallest absolute Gasteiger partial charge is 0.320 e. The molecule has 33 heavy (non-hydrogen) atoms. The fraction of sp³-hybridized carbons (Fsp3) is 0.435. The van der Waals surface area contributed by atoms with Gasteiger partial charge in [0.2, 0.25) is 10.0 Å². The topological polar surface area (TPSA) is 79.4 Å². The van der Waals surface area contributed by atoms with E-state index in [-0.39, 0.29) is 28.5 Å². The first-order valence-corrected chi connectivity index (χ1v) is 12.3. The second kappa shape index (κ2) is 9.56. The zero-order valence-corrected chi connectivity index (χ0v) is 19.6. The molecule has 2 aromatic carbocycles. The molecule has 178 valence electrons. The van der Waals surface area contributed by atoms with Crippen LogP contribution >= 0.6 is 0 Å². The molecule has 0 N–H and O–H groups in total. The van der Waals surface area contributed by atoms with Gasteiger partial charge in [0.1, 0.15) is 22.2 Å². The molecule has 2 heterocycles. The SMILES string of the molecule is COc1ccc(OC)c(S(=O)(=O)N2CCC(N3CCN(Cc4ccc(F)cc4)C3=O)CC2)c1. The van der Waals surface area contributed by atoms with Crippen LogP contribution in [-0.4, -0.2) is 75.0 Å². The maximum Gasteiger partial charge on any atom is 0.320 e. The van der Waals surface area contributed by atoms with Crippen molar-refractivity contribution in [3.8, 4) is 11.5 Å². The lowest BCUT2D eigenvalue weighted by atomic mass is 10.1. The van der Waals surface area contributed by atoms with Crippen LogP contribution in [0.4, 0.5) is 9.18 Å². The lowest BCUT2D eigenvalue weighted by molar-refractivity contribution is 0.153. The molecule has 0 bridgehead atoms. The van der Waals surface area contributed by atoms with E-state index in [1.165, 1.54) is 36.7 Å². The molecule has 2 saturated heterocycles. The van der Waals surface area contributed by atoms with Crippen molar-refractivity contribution in [3.63, 3.8) is 0 Å². The lowest BCUT2D eigenvalue weighted by Gasteiger charge is -2.36. The van der Waals surface area contributed by atoms with Crippen molar-refractivity contribution < 1.29 is 27.1 Å². The minimum Gasteiger partial charge on any atom is -0.497 e. The van der Waals surface area contributed by atoms with Crippen molar-refractivity contribution in [2.45, 2.75) is 30.3 Å². The minimum absolute atomic E-state index is 0.0191. The summed E-state index contributed by atoms with van der Waals surface area (Å²) in [6, 6.07) is 10.8. The number of carbonyl (C=O) groups is 1. The van der Waals surface area contributed by atoms with E-state index in [1.807, 2.05) is 4.90 Å². The summed E-state index contributed by atoms with van der Waals surface area (Å²) in [4.78, 5) is 16.6. The van der Waals surface area contributed by atoms with E-state index in [1.54, 1.807) is 29.2 Å². The van der Waals surface area contributed by atoms with Crippen LogP contribution in [0.25, 0.3) is 0 Å². The number of ether oxygens (including phenoxy) is 2. The van der Waals surface area contributed by atoms with Crippen LogP contribution in [0.5, 0.6) is 11.5 Å². The van der Waals surface area contributed by atoms with Crippen LogP contribution < -0.4 is 9.47 Å². The second-order valence-electron chi connectivity index (χ2n) is 8.18. The fourth-order valence-corrected chi connectivity index (χ4v) is 6.06. The number of urea groups is 1. The Morgan fingerprint density at radius 1 is 0.970 bits per heavy atom. The van der Waals surface area contributed by atoms with Gasteiger partial charge in [0.15, 0.2) is 0 Å². The number of hydrogen-bond acceptors (Lipinski definition) is 5. The molecule has 0 aromatic heterocycles. The van der Waals surface area contributed by atoms with Gasteiger partial charge in [-0.25, -0.2) is 17.6 Å². The van der Waals surface area contributed by atoms with Gasteiger partial charge in [0.25, 0.3) is 0 Å². The molecule has 2 fully saturated rings. The predicted molar refractivity (Wildman–Crippen MR) is 120 cm³/mol. The van der Waals surface area contributed by atoms with Gasteiger partial charge in [-0.1, -0.05) is 12.1 Å². The Hall–Kier alpha value is -2.85. The van der Waals surface area contributed by atoms with Gasteiger partial charge in [-0.2, -0.15) is 4.31 Å². The molecule has 0 aliphatic carbocycles.